The van der Waals surface area contributed by atoms with Crippen LogP contribution in [0.3, 0.4) is 0 Å². The third-order valence-corrected chi connectivity index (χ3v) is 4.99. The Morgan fingerprint density at radius 1 is 1.30 bits per heavy atom. The molecule has 1 saturated heterocycles. The van der Waals surface area contributed by atoms with Gasteiger partial charge in [0.15, 0.2) is 11.8 Å². The standard InChI is InChI=1S/C19H15ClN2O4S/c1-11-13(20)6-4-7-14(11)21-19-22-18(25)16(27-19)9-12-5-2-3-8-15(12)26-10-17(23)24/h2-9H,10H2,1H3,(H,23,24)(H,21,22,25). The molecule has 0 saturated carbocycles. The minimum atomic E-state index is -1.07. The molecule has 0 bridgehead atoms. The fourth-order valence-corrected chi connectivity index (χ4v) is 3.31. The second-order valence-electron chi connectivity index (χ2n) is 5.59. The van der Waals surface area contributed by atoms with Crippen LogP contribution in [-0.4, -0.2) is 28.8 Å². The summed E-state index contributed by atoms with van der Waals surface area (Å²) in [6.07, 6.45) is 1.64. The van der Waals surface area contributed by atoms with E-state index in [1.54, 1.807) is 42.5 Å². The van der Waals surface area contributed by atoms with E-state index in [4.69, 9.17) is 21.4 Å². The van der Waals surface area contributed by atoms with E-state index in [0.29, 0.717) is 32.1 Å². The second-order valence-corrected chi connectivity index (χ2v) is 7.02. The Balaban J connectivity index is 1.85. The van der Waals surface area contributed by atoms with Crippen molar-refractivity contribution in [3.8, 4) is 5.75 Å². The zero-order valence-electron chi connectivity index (χ0n) is 14.2. The minimum Gasteiger partial charge on any atom is -0.481 e. The molecule has 1 fully saturated rings. The molecule has 0 aromatic heterocycles. The van der Waals surface area contributed by atoms with Crippen molar-refractivity contribution < 1.29 is 19.4 Å². The number of benzene rings is 2. The maximum absolute atomic E-state index is 12.3. The van der Waals surface area contributed by atoms with Crippen LogP contribution in [0.25, 0.3) is 6.08 Å². The summed E-state index contributed by atoms with van der Waals surface area (Å²) in [7, 11) is 0. The molecule has 0 aliphatic carbocycles. The van der Waals surface area contributed by atoms with Crippen LogP contribution in [-0.2, 0) is 9.59 Å². The predicted octanol–water partition coefficient (Wildman–Crippen LogP) is 4.00. The summed E-state index contributed by atoms with van der Waals surface area (Å²) in [5, 5.41) is 12.5. The van der Waals surface area contributed by atoms with Crippen molar-refractivity contribution in [1.82, 2.24) is 5.32 Å². The van der Waals surface area contributed by atoms with E-state index in [-0.39, 0.29) is 5.91 Å². The van der Waals surface area contributed by atoms with Gasteiger partial charge in [0, 0.05) is 10.6 Å². The van der Waals surface area contributed by atoms with Gasteiger partial charge in [-0.3, -0.25) is 4.79 Å². The van der Waals surface area contributed by atoms with Gasteiger partial charge >= 0.3 is 5.97 Å². The maximum atomic E-state index is 12.3. The molecule has 2 N–H and O–H groups in total. The molecule has 0 atom stereocenters. The average molecular weight is 403 g/mol. The first kappa shape index (κ1) is 19.0. The number of carboxylic acids is 1. The largest absolute Gasteiger partial charge is 0.481 e. The van der Waals surface area contributed by atoms with Crippen molar-refractivity contribution in [2.75, 3.05) is 6.61 Å². The first-order valence-corrected chi connectivity index (χ1v) is 9.12. The van der Waals surface area contributed by atoms with Crippen LogP contribution in [0.5, 0.6) is 5.75 Å². The smallest absolute Gasteiger partial charge is 0.341 e. The molecule has 8 heteroatoms. The number of hydrogen-bond acceptors (Lipinski definition) is 5. The Labute approximate surface area is 164 Å². The molecule has 0 radical (unpaired) electrons. The van der Waals surface area contributed by atoms with Crippen LogP contribution >= 0.6 is 23.4 Å². The number of rotatable bonds is 5. The molecule has 1 amide bonds. The number of thioether (sulfide) groups is 1. The van der Waals surface area contributed by atoms with Crippen molar-refractivity contribution in [3.63, 3.8) is 0 Å². The fraction of sp³-hybridized carbons (Fsp3) is 0.105. The van der Waals surface area contributed by atoms with E-state index in [1.165, 1.54) is 11.8 Å². The normalized spacial score (nSPS) is 16.6. The van der Waals surface area contributed by atoms with Crippen LogP contribution in [0.15, 0.2) is 52.4 Å². The van der Waals surface area contributed by atoms with E-state index in [9.17, 15) is 9.59 Å². The summed E-state index contributed by atoms with van der Waals surface area (Å²) >= 11 is 7.29. The SMILES string of the molecule is Cc1c(Cl)cccc1N=C1NC(=O)C(=Cc2ccccc2OCC(=O)O)S1. The number of aliphatic imine (C=N–C) groups is 1. The number of para-hydroxylation sites is 1. The number of carbonyl (C=O) groups is 2. The van der Waals surface area contributed by atoms with Gasteiger partial charge in [-0.2, -0.15) is 0 Å². The van der Waals surface area contributed by atoms with Crippen molar-refractivity contribution in [3.05, 3.63) is 63.5 Å². The summed E-state index contributed by atoms with van der Waals surface area (Å²) in [6.45, 7) is 1.40. The van der Waals surface area contributed by atoms with Crippen molar-refractivity contribution in [1.29, 1.82) is 0 Å². The molecule has 0 unspecified atom stereocenters. The van der Waals surface area contributed by atoms with Gasteiger partial charge in [-0.1, -0.05) is 35.9 Å². The van der Waals surface area contributed by atoms with Gasteiger partial charge in [-0.25, -0.2) is 9.79 Å². The summed E-state index contributed by atoms with van der Waals surface area (Å²) in [5.41, 5.74) is 2.11. The highest BCUT2D eigenvalue weighted by Gasteiger charge is 2.24. The fourth-order valence-electron chi connectivity index (χ4n) is 2.32. The number of ether oxygens (including phenoxy) is 1. The molecule has 0 spiro atoms. The zero-order chi connectivity index (χ0) is 19.4. The van der Waals surface area contributed by atoms with E-state index >= 15 is 0 Å². The average Bonchev–Trinajstić information content (AvgIpc) is 2.97. The predicted molar refractivity (Wildman–Crippen MR) is 107 cm³/mol. The summed E-state index contributed by atoms with van der Waals surface area (Å²) in [5.74, 6) is -0.972. The number of amides is 1. The van der Waals surface area contributed by atoms with E-state index in [1.807, 2.05) is 13.0 Å². The first-order chi connectivity index (χ1) is 12.9. The lowest BCUT2D eigenvalue weighted by Gasteiger charge is -2.06. The zero-order valence-corrected chi connectivity index (χ0v) is 15.8. The lowest BCUT2D eigenvalue weighted by Crippen LogP contribution is -2.19. The molecular weight excluding hydrogens is 388 g/mol. The second kappa shape index (κ2) is 8.28. The Bertz CT molecular complexity index is 972. The van der Waals surface area contributed by atoms with Crippen molar-refractivity contribution in [2.45, 2.75) is 6.92 Å². The van der Waals surface area contributed by atoms with E-state index in [2.05, 4.69) is 10.3 Å². The summed E-state index contributed by atoms with van der Waals surface area (Å²) < 4.78 is 5.27. The third-order valence-electron chi connectivity index (χ3n) is 3.67. The van der Waals surface area contributed by atoms with Crippen LogP contribution in [0.2, 0.25) is 5.02 Å². The van der Waals surface area contributed by atoms with Gasteiger partial charge in [0.25, 0.3) is 5.91 Å². The lowest BCUT2D eigenvalue weighted by atomic mass is 10.2. The quantitative estimate of drug-likeness (QED) is 0.738. The minimum absolute atomic E-state index is 0.286. The first-order valence-electron chi connectivity index (χ1n) is 7.92. The molecule has 2 aromatic carbocycles. The van der Waals surface area contributed by atoms with Gasteiger partial charge < -0.3 is 15.2 Å². The summed E-state index contributed by atoms with van der Waals surface area (Å²) in [4.78, 5) is 27.9. The van der Waals surface area contributed by atoms with Crippen LogP contribution < -0.4 is 10.1 Å². The number of aliphatic carboxylic acids is 1. The van der Waals surface area contributed by atoms with Crippen molar-refractivity contribution in [2.24, 2.45) is 4.99 Å². The topological polar surface area (TPSA) is 88.0 Å². The number of amidine groups is 1. The lowest BCUT2D eigenvalue weighted by molar-refractivity contribution is -0.139. The van der Waals surface area contributed by atoms with E-state index in [0.717, 1.165) is 5.56 Å². The molecule has 138 valence electrons. The Kier molecular flexibility index (Phi) is 5.83. The number of nitrogens with one attached hydrogen (secondary N) is 1. The number of halogens is 1. The third kappa shape index (κ3) is 4.69. The van der Waals surface area contributed by atoms with Gasteiger partial charge in [0.1, 0.15) is 5.75 Å². The number of nitrogens with zero attached hydrogens (tertiary/aromatic N) is 1. The monoisotopic (exact) mass is 402 g/mol. The van der Waals surface area contributed by atoms with Crippen LogP contribution in [0, 0.1) is 6.92 Å². The van der Waals surface area contributed by atoms with E-state index < -0.39 is 12.6 Å². The molecule has 6 nitrogen and oxygen atoms in total. The van der Waals surface area contributed by atoms with Gasteiger partial charge in [0.2, 0.25) is 0 Å². The van der Waals surface area contributed by atoms with Crippen LogP contribution in [0.1, 0.15) is 11.1 Å². The number of carboxylic acid groups (broad SMARTS) is 1. The van der Waals surface area contributed by atoms with Crippen molar-refractivity contribution >= 4 is 52.2 Å². The highest BCUT2D eigenvalue weighted by molar-refractivity contribution is 8.18. The Morgan fingerprint density at radius 3 is 2.85 bits per heavy atom. The molecule has 3 rings (SSSR count). The molecule has 1 heterocycles. The Morgan fingerprint density at radius 2 is 2.07 bits per heavy atom. The molecule has 1 aliphatic heterocycles. The highest BCUT2D eigenvalue weighted by atomic mass is 35.5. The number of carbonyl (C=O) groups excluding carboxylic acids is 1. The highest BCUT2D eigenvalue weighted by Crippen LogP contribution is 2.32. The molecular formula is C19H15ClN2O4S. The van der Waals surface area contributed by atoms with Gasteiger partial charge in [0.05, 0.1) is 10.6 Å². The molecule has 27 heavy (non-hydrogen) atoms. The van der Waals surface area contributed by atoms with Gasteiger partial charge in [-0.15, -0.1) is 0 Å². The summed E-state index contributed by atoms with van der Waals surface area (Å²) in [6, 6.07) is 12.3. The molecule has 1 aliphatic rings. The van der Waals surface area contributed by atoms with Gasteiger partial charge in [-0.05, 0) is 48.5 Å². The maximum Gasteiger partial charge on any atom is 0.341 e. The van der Waals surface area contributed by atoms with Crippen LogP contribution in [0.4, 0.5) is 5.69 Å². The number of hydrogen-bond donors (Lipinski definition) is 2. The Hall–Kier alpha value is -2.77. The molecule has 2 aromatic rings.